The summed E-state index contributed by atoms with van der Waals surface area (Å²) in [6.45, 7) is 3.95. The van der Waals surface area contributed by atoms with Gasteiger partial charge in [0, 0.05) is 18.3 Å². The predicted molar refractivity (Wildman–Crippen MR) is 61.7 cm³/mol. The summed E-state index contributed by atoms with van der Waals surface area (Å²) < 4.78 is 41.2. The Labute approximate surface area is 104 Å². The quantitative estimate of drug-likeness (QED) is 0.857. The summed E-state index contributed by atoms with van der Waals surface area (Å²) >= 11 is 0. The number of hydrogen-bond acceptors (Lipinski definition) is 4. The molecule has 1 rings (SSSR count). The van der Waals surface area contributed by atoms with Gasteiger partial charge in [-0.2, -0.15) is 18.2 Å². The van der Waals surface area contributed by atoms with Gasteiger partial charge in [0.25, 0.3) is 0 Å². The summed E-state index contributed by atoms with van der Waals surface area (Å²) in [5.74, 6) is 0.532. The van der Waals surface area contributed by atoms with Crippen molar-refractivity contribution in [2.45, 2.75) is 32.9 Å². The van der Waals surface area contributed by atoms with Crippen molar-refractivity contribution in [1.82, 2.24) is 9.97 Å². The summed E-state index contributed by atoms with van der Waals surface area (Å²) in [4.78, 5) is 7.97. The van der Waals surface area contributed by atoms with E-state index in [1.54, 1.807) is 13.0 Å². The van der Waals surface area contributed by atoms with Gasteiger partial charge in [-0.15, -0.1) is 0 Å². The lowest BCUT2D eigenvalue weighted by atomic mass is 10.4. The van der Waals surface area contributed by atoms with E-state index in [4.69, 9.17) is 4.74 Å². The first-order valence-corrected chi connectivity index (χ1v) is 5.70. The molecule has 102 valence electrons. The first-order valence-electron chi connectivity index (χ1n) is 5.70. The van der Waals surface area contributed by atoms with E-state index >= 15 is 0 Å². The Morgan fingerprint density at radius 1 is 1.33 bits per heavy atom. The molecule has 0 saturated heterocycles. The van der Waals surface area contributed by atoms with Crippen LogP contribution in [-0.2, 0) is 0 Å². The number of rotatable bonds is 6. The number of alkyl halides is 3. The zero-order valence-corrected chi connectivity index (χ0v) is 10.3. The summed E-state index contributed by atoms with van der Waals surface area (Å²) in [5, 5.41) is 2.54. The van der Waals surface area contributed by atoms with Crippen molar-refractivity contribution in [2.75, 3.05) is 18.5 Å². The average Bonchev–Trinajstić information content (AvgIpc) is 2.24. The lowest BCUT2D eigenvalue weighted by Gasteiger charge is -2.10. The fourth-order valence-corrected chi connectivity index (χ4v) is 1.22. The summed E-state index contributed by atoms with van der Waals surface area (Å²) in [5.41, 5.74) is 0.644. The van der Waals surface area contributed by atoms with E-state index in [0.717, 1.165) is 6.42 Å². The van der Waals surface area contributed by atoms with Gasteiger partial charge in [0.1, 0.15) is 0 Å². The highest BCUT2D eigenvalue weighted by molar-refractivity contribution is 5.30. The Morgan fingerprint density at radius 2 is 2.06 bits per heavy atom. The molecule has 1 N–H and O–H groups in total. The lowest BCUT2D eigenvalue weighted by molar-refractivity contribution is -0.131. The number of halogens is 3. The van der Waals surface area contributed by atoms with Gasteiger partial charge in [0.05, 0.1) is 13.0 Å². The van der Waals surface area contributed by atoms with Gasteiger partial charge in [0.2, 0.25) is 11.8 Å². The molecule has 0 aromatic carbocycles. The Morgan fingerprint density at radius 3 is 2.67 bits per heavy atom. The standard InChI is InChI=1S/C11H16F3N3O/c1-3-6-18-9-7-8(2)16-10(17-9)15-5-4-11(12,13)14/h7H,3-6H2,1-2H3,(H,15,16,17). The number of nitrogens with one attached hydrogen (secondary N) is 1. The highest BCUT2D eigenvalue weighted by Crippen LogP contribution is 2.19. The van der Waals surface area contributed by atoms with Gasteiger partial charge in [-0.05, 0) is 13.3 Å². The summed E-state index contributed by atoms with van der Waals surface area (Å²) in [6.07, 6.45) is -4.27. The molecule has 1 aromatic heterocycles. The first kappa shape index (κ1) is 14.5. The van der Waals surface area contributed by atoms with Crippen molar-refractivity contribution < 1.29 is 17.9 Å². The fourth-order valence-electron chi connectivity index (χ4n) is 1.22. The zero-order chi connectivity index (χ0) is 13.6. The van der Waals surface area contributed by atoms with E-state index in [1.165, 1.54) is 0 Å². The maximum absolute atomic E-state index is 12.0. The van der Waals surface area contributed by atoms with E-state index in [1.807, 2.05) is 6.92 Å². The molecule has 0 spiro atoms. The monoisotopic (exact) mass is 263 g/mol. The smallest absolute Gasteiger partial charge is 0.390 e. The van der Waals surface area contributed by atoms with Crippen molar-refractivity contribution in [3.63, 3.8) is 0 Å². The van der Waals surface area contributed by atoms with E-state index < -0.39 is 12.6 Å². The number of aromatic nitrogens is 2. The number of ether oxygens (including phenoxy) is 1. The van der Waals surface area contributed by atoms with Crippen LogP contribution in [-0.4, -0.2) is 29.3 Å². The molecule has 18 heavy (non-hydrogen) atoms. The van der Waals surface area contributed by atoms with Crippen LogP contribution >= 0.6 is 0 Å². The van der Waals surface area contributed by atoms with Crippen LogP contribution < -0.4 is 10.1 Å². The van der Waals surface area contributed by atoms with Gasteiger partial charge in [-0.1, -0.05) is 6.92 Å². The summed E-state index contributed by atoms with van der Waals surface area (Å²) in [7, 11) is 0. The van der Waals surface area contributed by atoms with Gasteiger partial charge in [0.15, 0.2) is 0 Å². The highest BCUT2D eigenvalue weighted by atomic mass is 19.4. The maximum atomic E-state index is 12.0. The van der Waals surface area contributed by atoms with Crippen LogP contribution in [0.4, 0.5) is 19.1 Å². The summed E-state index contributed by atoms with van der Waals surface area (Å²) in [6, 6.07) is 1.64. The molecule has 4 nitrogen and oxygen atoms in total. The predicted octanol–water partition coefficient (Wildman–Crippen LogP) is 2.94. The first-order chi connectivity index (χ1) is 8.40. The van der Waals surface area contributed by atoms with Crippen LogP contribution in [0.3, 0.4) is 0 Å². The highest BCUT2D eigenvalue weighted by Gasteiger charge is 2.26. The van der Waals surface area contributed by atoms with E-state index in [0.29, 0.717) is 18.2 Å². The van der Waals surface area contributed by atoms with Crippen LogP contribution in [0, 0.1) is 6.92 Å². The lowest BCUT2D eigenvalue weighted by Crippen LogP contribution is -2.16. The third-order valence-electron chi connectivity index (χ3n) is 1.98. The van der Waals surface area contributed by atoms with Crippen LogP contribution in [0.25, 0.3) is 0 Å². The van der Waals surface area contributed by atoms with Gasteiger partial charge in [-0.3, -0.25) is 0 Å². The normalized spacial score (nSPS) is 11.4. The van der Waals surface area contributed by atoms with Gasteiger partial charge < -0.3 is 10.1 Å². The zero-order valence-electron chi connectivity index (χ0n) is 10.3. The SMILES string of the molecule is CCCOc1cc(C)nc(NCCC(F)(F)F)n1. The molecule has 0 radical (unpaired) electrons. The van der Waals surface area contributed by atoms with Crippen molar-refractivity contribution in [3.05, 3.63) is 11.8 Å². The maximum Gasteiger partial charge on any atom is 0.390 e. The molecule has 1 aromatic rings. The molecule has 0 aliphatic heterocycles. The topological polar surface area (TPSA) is 47.0 Å². The number of hydrogen-bond donors (Lipinski definition) is 1. The molecule has 0 fully saturated rings. The molecule has 0 saturated carbocycles. The second-order valence-electron chi connectivity index (χ2n) is 3.81. The van der Waals surface area contributed by atoms with E-state index in [9.17, 15) is 13.2 Å². The minimum absolute atomic E-state index is 0.158. The number of aryl methyl sites for hydroxylation is 1. The third-order valence-corrected chi connectivity index (χ3v) is 1.98. The molecule has 0 aliphatic rings. The second kappa shape index (κ2) is 6.42. The minimum atomic E-state index is -4.18. The number of nitrogens with zero attached hydrogens (tertiary/aromatic N) is 2. The van der Waals surface area contributed by atoms with Crippen molar-refractivity contribution in [3.8, 4) is 5.88 Å². The van der Waals surface area contributed by atoms with Gasteiger partial charge in [-0.25, -0.2) is 4.98 Å². The molecule has 1 heterocycles. The molecule has 0 aliphatic carbocycles. The van der Waals surface area contributed by atoms with Crippen molar-refractivity contribution in [2.24, 2.45) is 0 Å². The van der Waals surface area contributed by atoms with E-state index in [2.05, 4.69) is 15.3 Å². The number of anilines is 1. The molecule has 0 amide bonds. The van der Waals surface area contributed by atoms with Crippen LogP contribution in [0.5, 0.6) is 5.88 Å². The third kappa shape index (κ3) is 5.70. The minimum Gasteiger partial charge on any atom is -0.478 e. The van der Waals surface area contributed by atoms with Gasteiger partial charge >= 0.3 is 6.18 Å². The average molecular weight is 263 g/mol. The molecule has 7 heteroatoms. The second-order valence-corrected chi connectivity index (χ2v) is 3.81. The van der Waals surface area contributed by atoms with Crippen molar-refractivity contribution >= 4 is 5.95 Å². The largest absolute Gasteiger partial charge is 0.478 e. The van der Waals surface area contributed by atoms with Crippen LogP contribution in [0.1, 0.15) is 25.5 Å². The molecule has 0 unspecified atom stereocenters. The van der Waals surface area contributed by atoms with Crippen LogP contribution in [0.2, 0.25) is 0 Å². The Kier molecular flexibility index (Phi) is 5.18. The Bertz CT molecular complexity index is 382. The fraction of sp³-hybridized carbons (Fsp3) is 0.636. The molecular weight excluding hydrogens is 247 g/mol. The van der Waals surface area contributed by atoms with E-state index in [-0.39, 0.29) is 12.5 Å². The Hall–Kier alpha value is -1.53. The molecule has 0 bridgehead atoms. The van der Waals surface area contributed by atoms with Crippen molar-refractivity contribution in [1.29, 1.82) is 0 Å². The van der Waals surface area contributed by atoms with Crippen LogP contribution in [0.15, 0.2) is 6.07 Å². The molecular formula is C11H16F3N3O. The molecule has 0 atom stereocenters. The Balaban J connectivity index is 2.57.